The van der Waals surface area contributed by atoms with Crippen LogP contribution in [-0.2, 0) is 24.0 Å². The lowest BCUT2D eigenvalue weighted by Gasteiger charge is -2.42. The van der Waals surface area contributed by atoms with E-state index in [-0.39, 0.29) is 28.3 Å². The van der Waals surface area contributed by atoms with E-state index < -0.39 is 42.1 Å². The lowest BCUT2D eigenvalue weighted by Crippen LogP contribution is -2.47. The van der Waals surface area contributed by atoms with E-state index in [0.29, 0.717) is 17.3 Å². The van der Waals surface area contributed by atoms with Gasteiger partial charge in [-0.05, 0) is 78.4 Å². The summed E-state index contributed by atoms with van der Waals surface area (Å²) in [5.41, 5.74) is 1.87. The standard InChI is InChI=1S/C36H33ClF3N3O3/c37-31-11-5-4-10-28(31)35(46)43-32-12-6-1-7-23(32)19-29(33(43)22-13-16-26(17-14-22)41-25-8-2-3-9-25)34(45)42-27-18-15-24(21-44)30(20-27)36(38,39)40/h1,4-7,10-18,20,25,29,33,41,44H,2-3,8-9,19,21H2,(H,42,45). The van der Waals surface area contributed by atoms with Crippen molar-refractivity contribution in [1.29, 1.82) is 0 Å². The zero-order valence-corrected chi connectivity index (χ0v) is 25.6. The zero-order chi connectivity index (χ0) is 32.4. The highest BCUT2D eigenvalue weighted by atomic mass is 35.5. The van der Waals surface area contributed by atoms with E-state index in [1.54, 1.807) is 29.2 Å². The van der Waals surface area contributed by atoms with Crippen molar-refractivity contribution in [2.75, 3.05) is 15.5 Å². The molecule has 2 aliphatic rings. The highest BCUT2D eigenvalue weighted by Gasteiger charge is 2.43. The van der Waals surface area contributed by atoms with Gasteiger partial charge in [0, 0.05) is 23.1 Å². The van der Waals surface area contributed by atoms with E-state index in [0.717, 1.165) is 36.2 Å². The first-order chi connectivity index (χ1) is 22.1. The fourth-order valence-electron chi connectivity index (χ4n) is 6.59. The van der Waals surface area contributed by atoms with Gasteiger partial charge in [0.1, 0.15) is 0 Å². The summed E-state index contributed by atoms with van der Waals surface area (Å²) < 4.78 is 41.3. The normalized spacial score (nSPS) is 18.2. The van der Waals surface area contributed by atoms with Crippen LogP contribution in [0.3, 0.4) is 0 Å². The second-order valence-electron chi connectivity index (χ2n) is 11.8. The first-order valence-electron chi connectivity index (χ1n) is 15.3. The Morgan fingerprint density at radius 3 is 2.26 bits per heavy atom. The van der Waals surface area contributed by atoms with Gasteiger partial charge in [0.05, 0.1) is 34.7 Å². The molecule has 0 saturated heterocycles. The van der Waals surface area contributed by atoms with Crippen molar-refractivity contribution in [1.82, 2.24) is 0 Å². The van der Waals surface area contributed by atoms with Gasteiger partial charge < -0.3 is 15.7 Å². The van der Waals surface area contributed by atoms with Crippen molar-refractivity contribution in [3.63, 3.8) is 0 Å². The van der Waals surface area contributed by atoms with E-state index in [4.69, 9.17) is 11.6 Å². The molecule has 2 atom stereocenters. The molecule has 0 bridgehead atoms. The maximum absolute atomic E-state index is 14.4. The van der Waals surface area contributed by atoms with Gasteiger partial charge in [-0.15, -0.1) is 0 Å². The minimum atomic E-state index is -4.72. The summed E-state index contributed by atoms with van der Waals surface area (Å²) >= 11 is 6.50. The summed E-state index contributed by atoms with van der Waals surface area (Å²) in [5, 5.41) is 16.0. The van der Waals surface area contributed by atoms with Crippen molar-refractivity contribution in [3.05, 3.63) is 124 Å². The fourth-order valence-corrected chi connectivity index (χ4v) is 6.80. The van der Waals surface area contributed by atoms with E-state index in [2.05, 4.69) is 10.6 Å². The third-order valence-electron chi connectivity index (χ3n) is 8.84. The zero-order valence-electron chi connectivity index (χ0n) is 24.9. The van der Waals surface area contributed by atoms with Crippen molar-refractivity contribution < 1.29 is 27.9 Å². The maximum Gasteiger partial charge on any atom is 0.416 e. The SMILES string of the molecule is O=C(Nc1ccc(CO)c(C(F)(F)F)c1)C1Cc2ccccc2N(C(=O)c2ccccc2Cl)C1c1ccc(NC2CCCC2)cc1. The molecule has 1 fully saturated rings. The summed E-state index contributed by atoms with van der Waals surface area (Å²) in [7, 11) is 0. The Hall–Kier alpha value is -4.34. The number of benzene rings is 4. The summed E-state index contributed by atoms with van der Waals surface area (Å²) in [4.78, 5) is 30.1. The second kappa shape index (κ2) is 13.2. The van der Waals surface area contributed by atoms with E-state index in [1.165, 1.54) is 18.9 Å². The number of carbonyl (C=O) groups excluding carboxylic acids is 2. The summed E-state index contributed by atoms with van der Waals surface area (Å²) in [5.74, 6) is -1.82. The predicted molar refractivity (Wildman–Crippen MR) is 173 cm³/mol. The molecule has 1 saturated carbocycles. The molecule has 1 heterocycles. The Labute approximate surface area is 270 Å². The van der Waals surface area contributed by atoms with E-state index >= 15 is 0 Å². The Morgan fingerprint density at radius 2 is 1.57 bits per heavy atom. The Kier molecular flexibility index (Phi) is 9.06. The van der Waals surface area contributed by atoms with Crippen LogP contribution in [0.5, 0.6) is 0 Å². The average molecular weight is 648 g/mol. The van der Waals surface area contributed by atoms with Crippen LogP contribution in [0.1, 0.15) is 64.3 Å². The lowest BCUT2D eigenvalue weighted by atomic mass is 9.80. The smallest absolute Gasteiger partial charge is 0.392 e. The monoisotopic (exact) mass is 647 g/mol. The third-order valence-corrected chi connectivity index (χ3v) is 9.17. The number of carbonyl (C=O) groups is 2. The van der Waals surface area contributed by atoms with Crippen molar-refractivity contribution in [2.24, 2.45) is 5.92 Å². The van der Waals surface area contributed by atoms with Crippen molar-refractivity contribution >= 4 is 40.5 Å². The molecule has 6 nitrogen and oxygen atoms in total. The van der Waals surface area contributed by atoms with Gasteiger partial charge in [-0.25, -0.2) is 0 Å². The van der Waals surface area contributed by atoms with Crippen LogP contribution in [-0.4, -0.2) is 23.0 Å². The summed E-state index contributed by atoms with van der Waals surface area (Å²) in [6.45, 7) is -0.796. The Bertz CT molecular complexity index is 1740. The van der Waals surface area contributed by atoms with Gasteiger partial charge in [-0.3, -0.25) is 14.5 Å². The number of aliphatic hydroxyl groups excluding tert-OH is 1. The maximum atomic E-state index is 14.4. The molecular formula is C36H33ClF3N3O3. The first-order valence-corrected chi connectivity index (χ1v) is 15.7. The van der Waals surface area contributed by atoms with Gasteiger partial charge in [0.25, 0.3) is 5.91 Å². The summed E-state index contributed by atoms with van der Waals surface area (Å²) in [6.07, 6.45) is 0.0673. The molecule has 1 aliphatic carbocycles. The molecule has 2 unspecified atom stereocenters. The molecule has 2 amide bonds. The number of para-hydroxylation sites is 1. The number of amides is 2. The van der Waals surface area contributed by atoms with Gasteiger partial charge in [0.15, 0.2) is 0 Å². The van der Waals surface area contributed by atoms with Crippen molar-refractivity contribution in [3.8, 4) is 0 Å². The van der Waals surface area contributed by atoms with Crippen LogP contribution in [0, 0.1) is 5.92 Å². The van der Waals surface area contributed by atoms with Gasteiger partial charge in [-0.2, -0.15) is 13.2 Å². The van der Waals surface area contributed by atoms with Crippen LogP contribution in [0.4, 0.5) is 30.2 Å². The van der Waals surface area contributed by atoms with Crippen molar-refractivity contribution in [2.45, 2.75) is 57.0 Å². The second-order valence-corrected chi connectivity index (χ2v) is 12.2. The average Bonchev–Trinajstić information content (AvgIpc) is 3.57. The highest BCUT2D eigenvalue weighted by molar-refractivity contribution is 6.34. The Balaban J connectivity index is 1.42. The molecule has 3 N–H and O–H groups in total. The number of fused-ring (bicyclic) bond motifs is 1. The molecule has 0 spiro atoms. The number of halogens is 4. The number of hydrogen-bond donors (Lipinski definition) is 3. The molecule has 238 valence electrons. The highest BCUT2D eigenvalue weighted by Crippen LogP contribution is 2.44. The molecule has 4 aromatic carbocycles. The van der Waals surface area contributed by atoms with Crippen LogP contribution >= 0.6 is 11.6 Å². The van der Waals surface area contributed by atoms with E-state index in [9.17, 15) is 27.9 Å². The fraction of sp³-hybridized carbons (Fsp3) is 0.278. The minimum Gasteiger partial charge on any atom is -0.392 e. The molecule has 0 aromatic heterocycles. The Morgan fingerprint density at radius 1 is 0.891 bits per heavy atom. The largest absolute Gasteiger partial charge is 0.416 e. The molecule has 10 heteroatoms. The number of hydrogen-bond acceptors (Lipinski definition) is 4. The van der Waals surface area contributed by atoms with Crippen LogP contribution < -0.4 is 15.5 Å². The summed E-state index contributed by atoms with van der Waals surface area (Å²) in [6, 6.07) is 24.5. The number of nitrogens with one attached hydrogen (secondary N) is 2. The molecular weight excluding hydrogens is 615 g/mol. The first kappa shape index (κ1) is 31.6. The minimum absolute atomic E-state index is 0.0628. The molecule has 6 rings (SSSR count). The number of alkyl halides is 3. The molecule has 4 aromatic rings. The third kappa shape index (κ3) is 6.48. The van der Waals surface area contributed by atoms with Gasteiger partial charge in [-0.1, -0.05) is 73.0 Å². The number of aliphatic hydroxyl groups is 1. The van der Waals surface area contributed by atoms with Crippen LogP contribution in [0.2, 0.25) is 5.02 Å². The van der Waals surface area contributed by atoms with E-state index in [1.807, 2.05) is 48.5 Å². The predicted octanol–water partition coefficient (Wildman–Crippen LogP) is 8.40. The van der Waals surface area contributed by atoms with Gasteiger partial charge >= 0.3 is 6.18 Å². The number of nitrogens with zero attached hydrogens (tertiary/aromatic N) is 1. The molecule has 1 aliphatic heterocycles. The topological polar surface area (TPSA) is 81.7 Å². The van der Waals surface area contributed by atoms with Crippen LogP contribution in [0.15, 0.2) is 91.0 Å². The van der Waals surface area contributed by atoms with Gasteiger partial charge in [0.2, 0.25) is 5.91 Å². The molecule has 0 radical (unpaired) electrons. The number of rotatable bonds is 7. The van der Waals surface area contributed by atoms with Crippen LogP contribution in [0.25, 0.3) is 0 Å². The lowest BCUT2D eigenvalue weighted by molar-refractivity contribution is -0.138. The quantitative estimate of drug-likeness (QED) is 0.188. The number of anilines is 3. The molecule has 46 heavy (non-hydrogen) atoms.